The summed E-state index contributed by atoms with van der Waals surface area (Å²) in [4.78, 5) is 8.73. The summed E-state index contributed by atoms with van der Waals surface area (Å²) in [6, 6.07) is 1.98. The Kier molecular flexibility index (Phi) is 3.22. The predicted molar refractivity (Wildman–Crippen MR) is 71.3 cm³/mol. The first-order valence-electron chi connectivity index (χ1n) is 6.34. The molecule has 1 aromatic heterocycles. The van der Waals surface area contributed by atoms with Gasteiger partial charge in [-0.15, -0.1) is 0 Å². The van der Waals surface area contributed by atoms with Crippen LogP contribution in [0, 0.1) is 18.3 Å². The molecule has 0 spiro atoms. The van der Waals surface area contributed by atoms with Gasteiger partial charge in [0, 0.05) is 19.2 Å². The first-order valence-corrected chi connectivity index (χ1v) is 6.34. The van der Waals surface area contributed by atoms with Gasteiger partial charge in [0.15, 0.2) is 0 Å². The molecule has 94 valence electrons. The van der Waals surface area contributed by atoms with Gasteiger partial charge in [-0.25, -0.2) is 9.97 Å². The van der Waals surface area contributed by atoms with Crippen molar-refractivity contribution in [2.45, 2.75) is 34.1 Å². The van der Waals surface area contributed by atoms with Crippen molar-refractivity contribution in [2.24, 2.45) is 11.3 Å². The van der Waals surface area contributed by atoms with Crippen LogP contribution >= 0.6 is 0 Å². The fourth-order valence-electron chi connectivity index (χ4n) is 2.08. The van der Waals surface area contributed by atoms with Gasteiger partial charge in [-0.1, -0.05) is 13.8 Å². The summed E-state index contributed by atoms with van der Waals surface area (Å²) in [7, 11) is 0. The Bertz CT molecular complexity index is 400. The molecule has 4 nitrogen and oxygen atoms in total. The Morgan fingerprint density at radius 2 is 1.88 bits per heavy atom. The maximum Gasteiger partial charge on any atom is 0.131 e. The molecule has 0 saturated heterocycles. The zero-order valence-electron chi connectivity index (χ0n) is 11.2. The van der Waals surface area contributed by atoms with Crippen LogP contribution in [0.5, 0.6) is 0 Å². The summed E-state index contributed by atoms with van der Waals surface area (Å²) >= 11 is 0. The fourth-order valence-corrected chi connectivity index (χ4v) is 2.08. The lowest BCUT2D eigenvalue weighted by molar-refractivity contribution is 0.573. The molecule has 1 aliphatic carbocycles. The van der Waals surface area contributed by atoms with E-state index < -0.39 is 0 Å². The molecular weight excluding hydrogens is 212 g/mol. The van der Waals surface area contributed by atoms with Gasteiger partial charge in [0.1, 0.15) is 17.5 Å². The van der Waals surface area contributed by atoms with Crippen molar-refractivity contribution in [1.82, 2.24) is 9.97 Å². The first kappa shape index (κ1) is 12.1. The highest BCUT2D eigenvalue weighted by Gasteiger charge is 2.44. The van der Waals surface area contributed by atoms with Crippen LogP contribution < -0.4 is 10.6 Å². The van der Waals surface area contributed by atoms with Crippen LogP contribution in [0.1, 0.15) is 33.0 Å². The first-order chi connectivity index (χ1) is 8.01. The van der Waals surface area contributed by atoms with E-state index in [1.54, 1.807) is 0 Å². The van der Waals surface area contributed by atoms with E-state index in [0.717, 1.165) is 36.5 Å². The maximum absolute atomic E-state index is 4.40. The highest BCUT2D eigenvalue weighted by molar-refractivity contribution is 5.47. The average molecular weight is 234 g/mol. The Labute approximate surface area is 103 Å². The number of nitrogens with one attached hydrogen (secondary N) is 2. The summed E-state index contributed by atoms with van der Waals surface area (Å²) < 4.78 is 0. The van der Waals surface area contributed by atoms with Crippen LogP contribution in [0.25, 0.3) is 0 Å². The van der Waals surface area contributed by atoms with E-state index in [0.29, 0.717) is 5.41 Å². The van der Waals surface area contributed by atoms with Crippen molar-refractivity contribution in [1.29, 1.82) is 0 Å². The number of anilines is 2. The van der Waals surface area contributed by atoms with Crippen LogP contribution in [0.2, 0.25) is 0 Å². The van der Waals surface area contributed by atoms with E-state index in [1.165, 1.54) is 6.42 Å². The van der Waals surface area contributed by atoms with Crippen molar-refractivity contribution in [3.8, 4) is 0 Å². The van der Waals surface area contributed by atoms with E-state index in [-0.39, 0.29) is 0 Å². The highest BCUT2D eigenvalue weighted by Crippen LogP contribution is 2.51. The Balaban J connectivity index is 1.96. The second-order valence-electron chi connectivity index (χ2n) is 5.49. The molecule has 1 saturated carbocycles. The third-order valence-electron chi connectivity index (χ3n) is 3.44. The number of hydrogen-bond acceptors (Lipinski definition) is 4. The Morgan fingerprint density at radius 3 is 2.41 bits per heavy atom. The van der Waals surface area contributed by atoms with Crippen molar-refractivity contribution in [2.75, 3.05) is 23.7 Å². The molecule has 1 heterocycles. The minimum Gasteiger partial charge on any atom is -0.370 e. The van der Waals surface area contributed by atoms with Crippen LogP contribution in [-0.2, 0) is 0 Å². The predicted octanol–water partition coefficient (Wildman–Crippen LogP) is 2.67. The van der Waals surface area contributed by atoms with E-state index in [2.05, 4.69) is 41.4 Å². The molecule has 1 fully saturated rings. The van der Waals surface area contributed by atoms with Gasteiger partial charge in [0.25, 0.3) is 0 Å². The molecular formula is C13H22N4. The molecule has 2 N–H and O–H groups in total. The normalized spacial score (nSPS) is 21.1. The topological polar surface area (TPSA) is 49.8 Å². The molecule has 1 aromatic rings. The molecule has 0 aliphatic heterocycles. The largest absolute Gasteiger partial charge is 0.370 e. The number of aryl methyl sites for hydroxylation is 1. The second-order valence-corrected chi connectivity index (χ2v) is 5.49. The van der Waals surface area contributed by atoms with Crippen molar-refractivity contribution in [3.63, 3.8) is 0 Å². The minimum absolute atomic E-state index is 0.513. The SMILES string of the molecule is CCNc1cc(NCC2CC2(C)C)nc(C)n1. The third kappa shape index (κ3) is 3.08. The lowest BCUT2D eigenvalue weighted by Gasteiger charge is -2.09. The molecule has 0 radical (unpaired) electrons. The molecule has 0 bridgehead atoms. The van der Waals surface area contributed by atoms with Gasteiger partial charge in [-0.2, -0.15) is 0 Å². The van der Waals surface area contributed by atoms with Gasteiger partial charge in [0.05, 0.1) is 0 Å². The van der Waals surface area contributed by atoms with Crippen molar-refractivity contribution in [3.05, 3.63) is 11.9 Å². The molecule has 0 amide bonds. The molecule has 2 rings (SSSR count). The standard InChI is InChI=1S/C13H22N4/c1-5-14-11-6-12(17-9(2)16-11)15-8-10-7-13(10,3)4/h6,10H,5,7-8H2,1-4H3,(H2,14,15,16,17). The zero-order valence-corrected chi connectivity index (χ0v) is 11.2. The summed E-state index contributed by atoms with van der Waals surface area (Å²) in [5, 5.41) is 6.63. The molecule has 1 unspecified atom stereocenters. The van der Waals surface area contributed by atoms with Crippen LogP contribution in [0.3, 0.4) is 0 Å². The molecule has 1 atom stereocenters. The quantitative estimate of drug-likeness (QED) is 0.822. The van der Waals surface area contributed by atoms with Crippen molar-refractivity contribution < 1.29 is 0 Å². The molecule has 0 aromatic carbocycles. The van der Waals surface area contributed by atoms with E-state index in [9.17, 15) is 0 Å². The lowest BCUT2D eigenvalue weighted by atomic mass is 10.1. The van der Waals surface area contributed by atoms with Crippen LogP contribution in [0.4, 0.5) is 11.6 Å². The lowest BCUT2D eigenvalue weighted by Crippen LogP contribution is -2.10. The van der Waals surface area contributed by atoms with Gasteiger partial charge >= 0.3 is 0 Å². The van der Waals surface area contributed by atoms with Crippen LogP contribution in [-0.4, -0.2) is 23.1 Å². The van der Waals surface area contributed by atoms with Crippen LogP contribution in [0.15, 0.2) is 6.07 Å². The van der Waals surface area contributed by atoms with E-state index in [1.807, 2.05) is 13.0 Å². The van der Waals surface area contributed by atoms with Gasteiger partial charge in [-0.05, 0) is 31.6 Å². The number of rotatable bonds is 5. The summed E-state index contributed by atoms with van der Waals surface area (Å²) in [6.07, 6.45) is 1.31. The summed E-state index contributed by atoms with van der Waals surface area (Å²) in [5.74, 6) is 3.41. The monoisotopic (exact) mass is 234 g/mol. The Hall–Kier alpha value is -1.32. The number of aromatic nitrogens is 2. The van der Waals surface area contributed by atoms with E-state index >= 15 is 0 Å². The zero-order chi connectivity index (χ0) is 12.5. The average Bonchev–Trinajstić information content (AvgIpc) is 2.83. The summed E-state index contributed by atoms with van der Waals surface area (Å²) in [5.41, 5.74) is 0.513. The maximum atomic E-state index is 4.40. The minimum atomic E-state index is 0.513. The van der Waals surface area contributed by atoms with Crippen molar-refractivity contribution >= 4 is 11.6 Å². The fraction of sp³-hybridized carbons (Fsp3) is 0.692. The molecule has 1 aliphatic rings. The third-order valence-corrected chi connectivity index (χ3v) is 3.44. The van der Waals surface area contributed by atoms with Gasteiger partial charge in [0.2, 0.25) is 0 Å². The smallest absolute Gasteiger partial charge is 0.131 e. The highest BCUT2D eigenvalue weighted by atomic mass is 15.1. The van der Waals surface area contributed by atoms with Gasteiger partial charge < -0.3 is 10.6 Å². The number of nitrogens with zero attached hydrogens (tertiary/aromatic N) is 2. The molecule has 17 heavy (non-hydrogen) atoms. The summed E-state index contributed by atoms with van der Waals surface area (Å²) in [6.45, 7) is 10.5. The second kappa shape index (κ2) is 4.51. The number of hydrogen-bond donors (Lipinski definition) is 2. The van der Waals surface area contributed by atoms with Gasteiger partial charge in [-0.3, -0.25) is 0 Å². The van der Waals surface area contributed by atoms with E-state index in [4.69, 9.17) is 0 Å². The Morgan fingerprint density at radius 1 is 1.29 bits per heavy atom. The molecule has 4 heteroatoms.